The van der Waals surface area contributed by atoms with Crippen molar-refractivity contribution in [3.63, 3.8) is 0 Å². The molecule has 0 atom stereocenters. The lowest BCUT2D eigenvalue weighted by atomic mass is 9.76. The zero-order valence-electron chi connectivity index (χ0n) is 16.2. The molecule has 2 N–H and O–H groups in total. The van der Waals surface area contributed by atoms with Gasteiger partial charge in [0, 0.05) is 13.5 Å². The average molecular weight is 359 g/mol. The summed E-state index contributed by atoms with van der Waals surface area (Å²) in [6.07, 6.45) is 1.72. The van der Waals surface area contributed by atoms with E-state index in [1.807, 2.05) is 40.7 Å². The van der Waals surface area contributed by atoms with Crippen molar-refractivity contribution in [3.05, 3.63) is 40.4 Å². The van der Waals surface area contributed by atoms with Crippen LogP contribution in [0.15, 0.2) is 23.7 Å². The first-order chi connectivity index (χ1) is 11.9. The van der Waals surface area contributed by atoms with Crippen molar-refractivity contribution in [2.45, 2.75) is 52.7 Å². The summed E-state index contributed by atoms with van der Waals surface area (Å²) in [5, 5.41) is 12.2. The van der Waals surface area contributed by atoms with Gasteiger partial charge in [0.2, 0.25) is 5.91 Å². The first kappa shape index (κ1) is 20.2. The fourth-order valence-electron chi connectivity index (χ4n) is 2.60. The van der Waals surface area contributed by atoms with Crippen LogP contribution in [0.1, 0.15) is 56.1 Å². The second-order valence-electron chi connectivity index (χ2n) is 7.61. The van der Waals surface area contributed by atoms with Gasteiger partial charge in [-0.15, -0.1) is 0 Å². The molecule has 0 aliphatic carbocycles. The largest absolute Gasteiger partial charge is 0.492 e. The van der Waals surface area contributed by atoms with Crippen molar-refractivity contribution in [2.75, 3.05) is 6.54 Å². The minimum atomic E-state index is -1.01. The van der Waals surface area contributed by atoms with E-state index >= 15 is 0 Å². The number of nitrogens with one attached hydrogen (secondary N) is 1. The van der Waals surface area contributed by atoms with Gasteiger partial charge in [-0.25, -0.2) is 4.79 Å². The Balaban J connectivity index is 2.45. The second kappa shape index (κ2) is 7.25. The highest BCUT2D eigenvalue weighted by Crippen LogP contribution is 2.38. The number of carboxylic acids is 1. The summed E-state index contributed by atoms with van der Waals surface area (Å²) < 4.78 is 12.1. The van der Waals surface area contributed by atoms with E-state index < -0.39 is 24.3 Å². The fourth-order valence-corrected chi connectivity index (χ4v) is 2.60. The van der Waals surface area contributed by atoms with Crippen LogP contribution < -0.4 is 5.32 Å². The minimum absolute atomic E-state index is 0.185. The molecule has 1 aliphatic rings. The molecule has 6 nitrogen and oxygen atoms in total. The third-order valence-electron chi connectivity index (χ3n) is 4.88. The third kappa shape index (κ3) is 4.34. The van der Waals surface area contributed by atoms with E-state index in [1.165, 1.54) is 6.92 Å². The van der Waals surface area contributed by atoms with Crippen molar-refractivity contribution < 1.29 is 24.0 Å². The molecule has 0 aromatic heterocycles. The van der Waals surface area contributed by atoms with Crippen LogP contribution in [0.25, 0.3) is 6.08 Å². The van der Waals surface area contributed by atoms with E-state index in [2.05, 4.69) is 5.32 Å². The topological polar surface area (TPSA) is 84.9 Å². The summed E-state index contributed by atoms with van der Waals surface area (Å²) in [7, 11) is -0.671. The molecule has 1 amide bonds. The van der Waals surface area contributed by atoms with Gasteiger partial charge in [0.15, 0.2) is 0 Å². The van der Waals surface area contributed by atoms with Crippen LogP contribution in [0, 0.1) is 6.92 Å². The Kier molecular flexibility index (Phi) is 5.63. The molecule has 1 aromatic carbocycles. The molecule has 1 aliphatic heterocycles. The molecular formula is C19H26BNO5. The predicted molar refractivity (Wildman–Crippen MR) is 101 cm³/mol. The molecule has 0 bridgehead atoms. The molecule has 0 radical (unpaired) electrons. The van der Waals surface area contributed by atoms with E-state index in [9.17, 15) is 14.7 Å². The second-order valence-corrected chi connectivity index (χ2v) is 7.61. The molecule has 140 valence electrons. The highest BCUT2D eigenvalue weighted by Gasteiger charge is 2.52. The summed E-state index contributed by atoms with van der Waals surface area (Å²) in [6.45, 7) is 11.2. The molecular weight excluding hydrogens is 333 g/mol. The lowest BCUT2D eigenvalue weighted by molar-refractivity contribution is -0.118. The normalized spacial score (nSPS) is 18.7. The van der Waals surface area contributed by atoms with Crippen LogP contribution in [0.2, 0.25) is 0 Å². The summed E-state index contributed by atoms with van der Waals surface area (Å²) >= 11 is 0. The third-order valence-corrected chi connectivity index (χ3v) is 4.88. The van der Waals surface area contributed by atoms with Gasteiger partial charge in [-0.2, -0.15) is 0 Å². The molecule has 0 unspecified atom stereocenters. The Morgan fingerprint density at radius 3 is 2.27 bits per heavy atom. The molecule has 0 spiro atoms. The van der Waals surface area contributed by atoms with Gasteiger partial charge >= 0.3 is 13.1 Å². The van der Waals surface area contributed by atoms with Crippen LogP contribution in [0.3, 0.4) is 0 Å². The number of benzene rings is 1. The number of hydrogen-bond donors (Lipinski definition) is 2. The lowest BCUT2D eigenvalue weighted by Crippen LogP contribution is -2.41. The molecule has 26 heavy (non-hydrogen) atoms. The number of rotatable bonds is 5. The predicted octanol–water partition coefficient (Wildman–Crippen LogP) is 2.84. The molecule has 1 heterocycles. The molecule has 1 aromatic rings. The van der Waals surface area contributed by atoms with Gasteiger partial charge in [-0.3, -0.25) is 4.79 Å². The van der Waals surface area contributed by atoms with Crippen LogP contribution in [-0.2, 0) is 14.1 Å². The van der Waals surface area contributed by atoms with Crippen molar-refractivity contribution in [1.29, 1.82) is 0 Å². The Morgan fingerprint density at radius 2 is 1.77 bits per heavy atom. The Morgan fingerprint density at radius 1 is 1.19 bits per heavy atom. The molecule has 7 heteroatoms. The number of carbonyl (C=O) groups excluding carboxylic acids is 1. The van der Waals surface area contributed by atoms with E-state index in [0.29, 0.717) is 11.0 Å². The quantitative estimate of drug-likeness (QED) is 0.790. The van der Waals surface area contributed by atoms with Crippen LogP contribution >= 0.6 is 0 Å². The number of carbonyl (C=O) groups is 2. The van der Waals surface area contributed by atoms with E-state index in [-0.39, 0.29) is 18.0 Å². The summed E-state index contributed by atoms with van der Waals surface area (Å²) in [5.41, 5.74) is 1.19. The zero-order valence-corrected chi connectivity index (χ0v) is 16.2. The van der Waals surface area contributed by atoms with Crippen molar-refractivity contribution >= 4 is 25.1 Å². The maximum atomic E-state index is 11.6. The number of aryl methyl sites for hydroxylation is 1. The van der Waals surface area contributed by atoms with Gasteiger partial charge in [0.25, 0.3) is 0 Å². The highest BCUT2D eigenvalue weighted by atomic mass is 16.7. The van der Waals surface area contributed by atoms with Crippen LogP contribution in [0.5, 0.6) is 0 Å². The summed E-state index contributed by atoms with van der Waals surface area (Å²) in [4.78, 5) is 23.0. The standard InChI is InChI=1S/C19H26BNO5/c1-12-7-8-14(16(9-12)17(23)24)10-15(11-21-13(2)22)20-25-18(3,4)19(5,6)26-20/h7-10H,11H2,1-6H3,(H,21,22)(H,23,24). The van der Waals surface area contributed by atoms with Gasteiger partial charge in [0.05, 0.1) is 16.8 Å². The van der Waals surface area contributed by atoms with Gasteiger partial charge < -0.3 is 19.7 Å². The maximum absolute atomic E-state index is 11.6. The Hall–Kier alpha value is -2.12. The van der Waals surface area contributed by atoms with Crippen molar-refractivity contribution in [1.82, 2.24) is 5.32 Å². The smallest absolute Gasteiger partial charge is 0.478 e. The fraction of sp³-hybridized carbons (Fsp3) is 0.474. The summed E-state index contributed by atoms with van der Waals surface area (Å²) in [5.74, 6) is -1.19. The van der Waals surface area contributed by atoms with Crippen molar-refractivity contribution in [3.8, 4) is 0 Å². The molecule has 0 saturated carbocycles. The summed E-state index contributed by atoms with van der Waals surface area (Å²) in [6, 6.07) is 5.21. The van der Waals surface area contributed by atoms with Gasteiger partial charge in [-0.05, 0) is 51.7 Å². The van der Waals surface area contributed by atoms with E-state index in [0.717, 1.165) is 5.56 Å². The highest BCUT2D eigenvalue weighted by molar-refractivity contribution is 6.56. The van der Waals surface area contributed by atoms with E-state index in [4.69, 9.17) is 9.31 Å². The van der Waals surface area contributed by atoms with Gasteiger partial charge in [0.1, 0.15) is 0 Å². The lowest BCUT2D eigenvalue weighted by Gasteiger charge is -2.32. The number of amides is 1. The first-order valence-electron chi connectivity index (χ1n) is 8.57. The maximum Gasteiger partial charge on any atom is 0.492 e. The minimum Gasteiger partial charge on any atom is -0.478 e. The van der Waals surface area contributed by atoms with Gasteiger partial charge in [-0.1, -0.05) is 23.8 Å². The molecule has 1 saturated heterocycles. The van der Waals surface area contributed by atoms with E-state index in [1.54, 1.807) is 18.2 Å². The monoisotopic (exact) mass is 359 g/mol. The number of carboxylic acid groups (broad SMARTS) is 1. The Labute approximate surface area is 154 Å². The average Bonchev–Trinajstić information content (AvgIpc) is 2.72. The number of aromatic carboxylic acids is 1. The van der Waals surface area contributed by atoms with Crippen LogP contribution in [-0.4, -0.2) is 41.8 Å². The number of hydrogen-bond acceptors (Lipinski definition) is 4. The van der Waals surface area contributed by atoms with Crippen molar-refractivity contribution in [2.24, 2.45) is 0 Å². The zero-order chi connectivity index (χ0) is 19.7. The molecule has 1 fully saturated rings. The Bertz CT molecular complexity index is 738. The van der Waals surface area contributed by atoms with Crippen LogP contribution in [0.4, 0.5) is 0 Å². The SMILES string of the molecule is CC(=O)NCC(=Cc1ccc(C)cc1C(=O)O)B1OC(C)(C)C(C)(C)O1. The first-order valence-corrected chi connectivity index (χ1v) is 8.57. The molecule has 2 rings (SSSR count).